The molecule has 2 aromatic rings. The third kappa shape index (κ3) is 8.14. The molecule has 0 fully saturated rings. The van der Waals surface area contributed by atoms with Crippen molar-refractivity contribution in [2.45, 2.75) is 33.4 Å². The van der Waals surface area contributed by atoms with Crippen LogP contribution in [0.2, 0.25) is 0 Å². The lowest BCUT2D eigenvalue weighted by molar-refractivity contribution is 0.401. The number of hydrogen-bond acceptors (Lipinski definition) is 2. The van der Waals surface area contributed by atoms with Crippen molar-refractivity contribution in [1.82, 2.24) is 15.5 Å². The summed E-state index contributed by atoms with van der Waals surface area (Å²) >= 11 is 0. The van der Waals surface area contributed by atoms with Crippen LogP contribution in [0.1, 0.15) is 29.2 Å². The molecule has 0 aliphatic carbocycles. The molecule has 2 rings (SSSR count). The van der Waals surface area contributed by atoms with Gasteiger partial charge >= 0.3 is 0 Å². The van der Waals surface area contributed by atoms with Crippen molar-refractivity contribution in [1.29, 1.82) is 0 Å². The quantitative estimate of drug-likeness (QED) is 0.327. The van der Waals surface area contributed by atoms with E-state index in [1.165, 1.54) is 17.2 Å². The first-order valence-electron chi connectivity index (χ1n) is 9.48. The van der Waals surface area contributed by atoms with Crippen molar-refractivity contribution < 1.29 is 4.39 Å². The third-order valence-corrected chi connectivity index (χ3v) is 4.35. The summed E-state index contributed by atoms with van der Waals surface area (Å²) in [6.45, 7) is 7.09. The Labute approximate surface area is 185 Å². The highest BCUT2D eigenvalue weighted by atomic mass is 127. The maximum absolute atomic E-state index is 13.2. The zero-order chi connectivity index (χ0) is 19.6. The van der Waals surface area contributed by atoms with Crippen molar-refractivity contribution in [3.63, 3.8) is 0 Å². The van der Waals surface area contributed by atoms with Gasteiger partial charge in [-0.25, -0.2) is 9.38 Å². The first-order chi connectivity index (χ1) is 13.0. The second-order valence-corrected chi connectivity index (χ2v) is 6.95. The number of nitrogens with zero attached hydrogens (tertiary/aromatic N) is 2. The van der Waals surface area contributed by atoms with Gasteiger partial charge in [-0.2, -0.15) is 0 Å². The summed E-state index contributed by atoms with van der Waals surface area (Å²) in [4.78, 5) is 6.90. The number of benzene rings is 2. The summed E-state index contributed by atoms with van der Waals surface area (Å²) in [5.41, 5.74) is 4.66. The smallest absolute Gasteiger partial charge is 0.191 e. The molecule has 4 nitrogen and oxygen atoms in total. The minimum absolute atomic E-state index is 0. The SMILES string of the molecule is CCNC(=NCc1ccccc1CN(C)C)NCCc1ccc(F)cc1C.I. The van der Waals surface area contributed by atoms with Gasteiger partial charge in [-0.3, -0.25) is 0 Å². The van der Waals surface area contributed by atoms with E-state index < -0.39 is 0 Å². The molecular weight excluding hydrogens is 466 g/mol. The van der Waals surface area contributed by atoms with Crippen molar-refractivity contribution >= 4 is 29.9 Å². The second-order valence-electron chi connectivity index (χ2n) is 6.95. The van der Waals surface area contributed by atoms with Crippen LogP contribution in [0.3, 0.4) is 0 Å². The molecule has 6 heteroatoms. The van der Waals surface area contributed by atoms with Gasteiger partial charge in [0, 0.05) is 19.6 Å². The molecule has 0 saturated carbocycles. The molecule has 0 bridgehead atoms. The maximum atomic E-state index is 13.2. The number of guanidine groups is 1. The van der Waals surface area contributed by atoms with E-state index in [0.717, 1.165) is 43.1 Å². The molecule has 2 N–H and O–H groups in total. The summed E-state index contributed by atoms with van der Waals surface area (Å²) in [7, 11) is 4.15. The average molecular weight is 498 g/mol. The van der Waals surface area contributed by atoms with Crippen LogP contribution in [0.4, 0.5) is 4.39 Å². The summed E-state index contributed by atoms with van der Waals surface area (Å²) in [6, 6.07) is 13.4. The van der Waals surface area contributed by atoms with E-state index in [1.54, 1.807) is 6.07 Å². The Morgan fingerprint density at radius 3 is 2.39 bits per heavy atom. The van der Waals surface area contributed by atoms with Crippen LogP contribution in [0, 0.1) is 12.7 Å². The zero-order valence-corrected chi connectivity index (χ0v) is 19.6. The Bertz CT molecular complexity index is 762. The maximum Gasteiger partial charge on any atom is 0.191 e. The molecule has 0 aliphatic heterocycles. The Morgan fingerprint density at radius 2 is 1.75 bits per heavy atom. The number of aryl methyl sites for hydroxylation is 1. The lowest BCUT2D eigenvalue weighted by Crippen LogP contribution is -2.38. The number of rotatable bonds is 8. The lowest BCUT2D eigenvalue weighted by atomic mass is 10.1. The fraction of sp³-hybridized carbons (Fsp3) is 0.409. The van der Waals surface area contributed by atoms with Crippen LogP contribution >= 0.6 is 24.0 Å². The minimum atomic E-state index is -0.185. The van der Waals surface area contributed by atoms with Gasteiger partial charge in [0.2, 0.25) is 0 Å². The van der Waals surface area contributed by atoms with Crippen LogP contribution in [-0.2, 0) is 19.5 Å². The molecule has 0 radical (unpaired) electrons. The van der Waals surface area contributed by atoms with Gasteiger partial charge in [0.1, 0.15) is 5.82 Å². The summed E-state index contributed by atoms with van der Waals surface area (Å²) in [5, 5.41) is 6.67. The van der Waals surface area contributed by atoms with Gasteiger partial charge in [0.25, 0.3) is 0 Å². The van der Waals surface area contributed by atoms with E-state index in [2.05, 4.69) is 60.8 Å². The van der Waals surface area contributed by atoms with Gasteiger partial charge in [-0.15, -0.1) is 24.0 Å². The highest BCUT2D eigenvalue weighted by Crippen LogP contribution is 2.12. The van der Waals surface area contributed by atoms with E-state index >= 15 is 0 Å². The number of aliphatic imine (C=N–C) groups is 1. The van der Waals surface area contributed by atoms with Crippen LogP contribution in [0.5, 0.6) is 0 Å². The normalized spacial score (nSPS) is 11.3. The van der Waals surface area contributed by atoms with E-state index in [-0.39, 0.29) is 29.8 Å². The van der Waals surface area contributed by atoms with E-state index in [9.17, 15) is 4.39 Å². The molecule has 0 saturated heterocycles. The second kappa shape index (κ2) is 12.7. The van der Waals surface area contributed by atoms with Crippen LogP contribution < -0.4 is 10.6 Å². The Morgan fingerprint density at radius 1 is 1.04 bits per heavy atom. The Balaban J connectivity index is 0.00000392. The van der Waals surface area contributed by atoms with Gasteiger partial charge in [0.15, 0.2) is 5.96 Å². The molecule has 154 valence electrons. The zero-order valence-electron chi connectivity index (χ0n) is 17.3. The number of nitrogens with one attached hydrogen (secondary N) is 2. The van der Waals surface area contributed by atoms with Gasteiger partial charge in [0.05, 0.1) is 6.54 Å². The molecule has 0 unspecified atom stereocenters. The first kappa shape index (κ1) is 24.4. The predicted octanol–water partition coefficient (Wildman–Crippen LogP) is 4.11. The molecule has 2 aromatic carbocycles. The fourth-order valence-corrected chi connectivity index (χ4v) is 2.97. The Hall–Kier alpha value is -1.67. The Kier molecular flexibility index (Phi) is 11.1. The van der Waals surface area contributed by atoms with Crippen molar-refractivity contribution in [3.8, 4) is 0 Å². The summed E-state index contributed by atoms with van der Waals surface area (Å²) in [6.07, 6.45) is 0.827. The third-order valence-electron chi connectivity index (χ3n) is 4.35. The monoisotopic (exact) mass is 498 g/mol. The van der Waals surface area contributed by atoms with Crippen LogP contribution in [0.25, 0.3) is 0 Å². The molecule has 0 heterocycles. The largest absolute Gasteiger partial charge is 0.357 e. The standard InChI is InChI=1S/C22H31FN4.HI/c1-5-24-22(25-13-12-18-10-11-21(23)14-17(18)2)26-15-19-8-6-7-9-20(19)16-27(3)4;/h6-11,14H,5,12-13,15-16H2,1-4H3,(H2,24,25,26);1H. The fourth-order valence-electron chi connectivity index (χ4n) is 2.97. The number of hydrogen-bond donors (Lipinski definition) is 2. The molecular formula is C22H32FIN4. The van der Waals surface area contributed by atoms with Gasteiger partial charge < -0.3 is 15.5 Å². The minimum Gasteiger partial charge on any atom is -0.357 e. The van der Waals surface area contributed by atoms with Crippen LogP contribution in [0.15, 0.2) is 47.5 Å². The van der Waals surface area contributed by atoms with Gasteiger partial charge in [-0.05, 0) is 68.8 Å². The lowest BCUT2D eigenvalue weighted by Gasteiger charge is -2.15. The van der Waals surface area contributed by atoms with Gasteiger partial charge in [-0.1, -0.05) is 30.3 Å². The van der Waals surface area contributed by atoms with Crippen LogP contribution in [-0.4, -0.2) is 38.0 Å². The van der Waals surface area contributed by atoms with E-state index in [4.69, 9.17) is 4.99 Å². The average Bonchev–Trinajstić information content (AvgIpc) is 2.62. The molecule has 0 spiro atoms. The summed E-state index contributed by atoms with van der Waals surface area (Å²) < 4.78 is 13.2. The molecule has 0 aromatic heterocycles. The predicted molar refractivity (Wildman–Crippen MR) is 127 cm³/mol. The molecule has 0 amide bonds. The highest BCUT2D eigenvalue weighted by molar-refractivity contribution is 14.0. The van der Waals surface area contributed by atoms with Crippen molar-refractivity contribution in [3.05, 3.63) is 70.5 Å². The number of halogens is 2. The highest BCUT2D eigenvalue weighted by Gasteiger charge is 2.05. The topological polar surface area (TPSA) is 39.7 Å². The molecule has 28 heavy (non-hydrogen) atoms. The molecule has 0 aliphatic rings. The van der Waals surface area contributed by atoms with Crippen molar-refractivity contribution in [2.75, 3.05) is 27.2 Å². The van der Waals surface area contributed by atoms with E-state index in [0.29, 0.717) is 6.54 Å². The first-order valence-corrected chi connectivity index (χ1v) is 9.48. The van der Waals surface area contributed by atoms with Crippen molar-refractivity contribution in [2.24, 2.45) is 4.99 Å². The van der Waals surface area contributed by atoms with E-state index in [1.807, 2.05) is 13.0 Å². The summed E-state index contributed by atoms with van der Waals surface area (Å²) in [5.74, 6) is 0.618. The molecule has 0 atom stereocenters.